The van der Waals surface area contributed by atoms with Crippen molar-refractivity contribution < 1.29 is 31.1 Å². The Labute approximate surface area is 239 Å². The van der Waals surface area contributed by atoms with E-state index in [2.05, 4.69) is 37.8 Å². The van der Waals surface area contributed by atoms with Crippen LogP contribution in [-0.4, -0.2) is 33.3 Å². The van der Waals surface area contributed by atoms with Crippen LogP contribution in [0.1, 0.15) is 71.5 Å². The highest BCUT2D eigenvalue weighted by atomic mass is 19.4. The van der Waals surface area contributed by atoms with Gasteiger partial charge in [-0.3, -0.25) is 0 Å². The first-order valence-corrected chi connectivity index (χ1v) is 14.2. The Morgan fingerprint density at radius 3 is 2.19 bits per heavy atom. The fraction of sp³-hybridized carbons (Fsp3) is 0.552. The van der Waals surface area contributed by atoms with E-state index >= 15 is 0 Å². The van der Waals surface area contributed by atoms with Gasteiger partial charge in [-0.25, -0.2) is 0 Å². The molecular weight excluding hydrogens is 562 g/mol. The number of aromatic nitrogens is 4. The van der Waals surface area contributed by atoms with Gasteiger partial charge in [-0.05, 0) is 95.3 Å². The second-order valence-electron chi connectivity index (χ2n) is 11.7. The molecule has 7 nitrogen and oxygen atoms in total. The molecule has 0 spiro atoms. The quantitative estimate of drug-likeness (QED) is 0.321. The van der Waals surface area contributed by atoms with Gasteiger partial charge in [0.05, 0.1) is 37.4 Å². The number of alkyl halides is 6. The summed E-state index contributed by atoms with van der Waals surface area (Å²) in [5.41, 5.74) is 1.40. The third-order valence-corrected chi connectivity index (χ3v) is 8.67. The Balaban J connectivity index is 1.43. The number of anilines is 2. The Hall–Kier alpha value is -3.35. The summed E-state index contributed by atoms with van der Waals surface area (Å²) in [6.45, 7) is 2.40. The minimum absolute atomic E-state index is 0.00474. The lowest BCUT2D eigenvalue weighted by molar-refractivity contribution is -0.143. The zero-order valence-corrected chi connectivity index (χ0v) is 23.1. The molecule has 0 bridgehead atoms. The van der Waals surface area contributed by atoms with Crippen LogP contribution in [-0.2, 0) is 43.8 Å². The van der Waals surface area contributed by atoms with Crippen molar-refractivity contribution in [1.29, 1.82) is 0 Å². The molecular formula is C29H32F6N6O. The van der Waals surface area contributed by atoms with Crippen molar-refractivity contribution in [2.24, 2.45) is 18.9 Å². The Morgan fingerprint density at radius 2 is 1.57 bits per heavy atom. The number of hydrogen-bond acceptors (Lipinski definition) is 6. The zero-order valence-electron chi connectivity index (χ0n) is 23.1. The summed E-state index contributed by atoms with van der Waals surface area (Å²) in [5, 5.41) is 15.6. The summed E-state index contributed by atoms with van der Waals surface area (Å²) in [7, 11) is 1.62. The summed E-state index contributed by atoms with van der Waals surface area (Å²) in [6, 6.07) is 5.57. The van der Waals surface area contributed by atoms with Gasteiger partial charge in [0.2, 0.25) is 0 Å². The number of aryl methyl sites for hydroxylation is 1. The van der Waals surface area contributed by atoms with Crippen LogP contribution in [0.15, 0.2) is 30.3 Å². The van der Waals surface area contributed by atoms with Crippen molar-refractivity contribution in [3.05, 3.63) is 63.7 Å². The molecule has 0 saturated heterocycles. The van der Waals surface area contributed by atoms with Crippen LogP contribution in [0.25, 0.3) is 0 Å². The number of fused-ring (bicyclic) bond motifs is 2. The van der Waals surface area contributed by atoms with E-state index in [4.69, 9.17) is 4.74 Å². The molecule has 226 valence electrons. The Bertz CT molecular complexity index is 1400. The molecule has 0 amide bonds. The summed E-state index contributed by atoms with van der Waals surface area (Å²) in [4.78, 5) is 3.64. The maximum absolute atomic E-state index is 13.7. The molecule has 13 heteroatoms. The Kier molecular flexibility index (Phi) is 7.57. The van der Waals surface area contributed by atoms with Gasteiger partial charge in [0, 0.05) is 18.8 Å². The third kappa shape index (κ3) is 6.06. The summed E-state index contributed by atoms with van der Waals surface area (Å²) < 4.78 is 87.9. The van der Waals surface area contributed by atoms with E-state index in [1.54, 1.807) is 7.05 Å². The fourth-order valence-corrected chi connectivity index (χ4v) is 6.65. The van der Waals surface area contributed by atoms with Crippen LogP contribution in [0.5, 0.6) is 0 Å². The second-order valence-corrected chi connectivity index (χ2v) is 11.7. The molecule has 2 aromatic carbocycles. The normalized spacial score (nSPS) is 21.4. The van der Waals surface area contributed by atoms with Gasteiger partial charge in [-0.2, -0.15) is 31.1 Å². The largest absolute Gasteiger partial charge is 0.416 e. The topological polar surface area (TPSA) is 68.1 Å². The molecule has 1 aromatic heterocycles. The molecule has 1 N–H and O–H groups in total. The maximum atomic E-state index is 13.7. The van der Waals surface area contributed by atoms with E-state index < -0.39 is 29.5 Å². The fourth-order valence-electron chi connectivity index (χ4n) is 6.65. The molecule has 1 saturated carbocycles. The van der Waals surface area contributed by atoms with Crippen molar-refractivity contribution >= 4 is 11.6 Å². The van der Waals surface area contributed by atoms with Crippen LogP contribution in [0, 0.1) is 11.8 Å². The standard InChI is InChI=1S/C29H32F6N6O/c1-40-38-27(37-39-40)36-26-19(8-18-9-22(28(30,31)32)13-23(10-18)29(33,34)35)6-7-41(14-17-4-2-3-5-17)25-12-21-16-42-15-20(21)11-24(25)26/h9-13,17,19,26H,2-8,14-16H2,1H3,(H,36,38)/t19-,26?/m1/s1. The van der Waals surface area contributed by atoms with E-state index in [0.717, 1.165) is 53.9 Å². The highest BCUT2D eigenvalue weighted by Crippen LogP contribution is 2.44. The smallest absolute Gasteiger partial charge is 0.372 e. The van der Waals surface area contributed by atoms with E-state index in [0.29, 0.717) is 32.1 Å². The lowest BCUT2D eigenvalue weighted by atomic mass is 9.84. The van der Waals surface area contributed by atoms with Crippen molar-refractivity contribution in [3.8, 4) is 0 Å². The molecule has 1 fully saturated rings. The van der Waals surface area contributed by atoms with E-state index in [9.17, 15) is 26.3 Å². The number of halogens is 6. The van der Waals surface area contributed by atoms with Gasteiger partial charge in [0.1, 0.15) is 0 Å². The van der Waals surface area contributed by atoms with Gasteiger partial charge in [-0.15, -0.1) is 5.10 Å². The van der Waals surface area contributed by atoms with Crippen molar-refractivity contribution in [2.45, 2.75) is 70.1 Å². The number of ether oxygens (including phenoxy) is 1. The molecule has 6 rings (SSSR count). The average Bonchev–Trinajstić information content (AvgIpc) is 3.68. The first kappa shape index (κ1) is 28.8. The molecule has 3 aliphatic rings. The van der Waals surface area contributed by atoms with Gasteiger partial charge < -0.3 is 15.0 Å². The van der Waals surface area contributed by atoms with Crippen molar-refractivity contribution in [3.63, 3.8) is 0 Å². The zero-order chi connectivity index (χ0) is 29.6. The van der Waals surface area contributed by atoms with E-state index in [1.165, 1.54) is 17.6 Å². The monoisotopic (exact) mass is 594 g/mol. The highest BCUT2D eigenvalue weighted by Gasteiger charge is 2.39. The number of nitrogens with zero attached hydrogens (tertiary/aromatic N) is 5. The average molecular weight is 595 g/mol. The minimum atomic E-state index is -4.91. The van der Waals surface area contributed by atoms with Crippen molar-refractivity contribution in [1.82, 2.24) is 20.2 Å². The first-order chi connectivity index (χ1) is 19.9. The molecule has 42 heavy (non-hydrogen) atoms. The van der Waals surface area contributed by atoms with Crippen LogP contribution < -0.4 is 10.2 Å². The maximum Gasteiger partial charge on any atom is 0.416 e. The SMILES string of the molecule is Cn1nnc(NC2c3cc4c(cc3N(CC3CCCC3)CC[C@@H]2Cc2cc(C(F)(F)F)cc(C(F)(F)F)c2)COC4)n1. The molecule has 3 aromatic rings. The van der Waals surface area contributed by atoms with Gasteiger partial charge in [0.25, 0.3) is 5.95 Å². The summed E-state index contributed by atoms with van der Waals surface area (Å²) in [5.74, 6) is 0.398. The van der Waals surface area contributed by atoms with Crippen LogP contribution in [0.4, 0.5) is 38.0 Å². The number of nitrogens with one attached hydrogen (secondary N) is 1. The van der Waals surface area contributed by atoms with Gasteiger partial charge in [-0.1, -0.05) is 17.9 Å². The van der Waals surface area contributed by atoms with Gasteiger partial charge >= 0.3 is 12.4 Å². The highest BCUT2D eigenvalue weighted by molar-refractivity contribution is 5.62. The molecule has 1 unspecified atom stereocenters. The number of rotatable bonds is 6. The van der Waals surface area contributed by atoms with Crippen LogP contribution in [0.3, 0.4) is 0 Å². The van der Waals surface area contributed by atoms with E-state index in [1.807, 2.05) is 0 Å². The minimum Gasteiger partial charge on any atom is -0.372 e. The van der Waals surface area contributed by atoms with Crippen LogP contribution >= 0.6 is 0 Å². The number of hydrogen-bond donors (Lipinski definition) is 1. The summed E-state index contributed by atoms with van der Waals surface area (Å²) >= 11 is 0. The molecule has 0 radical (unpaired) electrons. The summed E-state index contributed by atoms with van der Waals surface area (Å²) in [6.07, 6.45) is -4.64. The van der Waals surface area contributed by atoms with E-state index in [-0.39, 0.29) is 29.9 Å². The predicted octanol–water partition coefficient (Wildman–Crippen LogP) is 6.69. The molecule has 1 aliphatic carbocycles. The van der Waals surface area contributed by atoms with Crippen molar-refractivity contribution in [2.75, 3.05) is 23.3 Å². The number of tetrazole rings is 1. The first-order valence-electron chi connectivity index (χ1n) is 14.2. The molecule has 2 aliphatic heterocycles. The number of benzene rings is 2. The van der Waals surface area contributed by atoms with Crippen LogP contribution in [0.2, 0.25) is 0 Å². The third-order valence-electron chi connectivity index (χ3n) is 8.67. The Morgan fingerprint density at radius 1 is 0.905 bits per heavy atom. The van der Waals surface area contributed by atoms with Gasteiger partial charge in [0.15, 0.2) is 0 Å². The second kappa shape index (κ2) is 11.1. The lowest BCUT2D eigenvalue weighted by Crippen LogP contribution is -2.30. The molecule has 3 heterocycles. The lowest BCUT2D eigenvalue weighted by Gasteiger charge is -2.29. The predicted molar refractivity (Wildman–Crippen MR) is 143 cm³/mol. The molecule has 2 atom stereocenters.